The fourth-order valence-corrected chi connectivity index (χ4v) is 3.44. The van der Waals surface area contributed by atoms with Gasteiger partial charge in [-0.05, 0) is 49.7 Å². The molecule has 0 bridgehead atoms. The lowest BCUT2D eigenvalue weighted by Crippen LogP contribution is -2.48. The van der Waals surface area contributed by atoms with Crippen molar-refractivity contribution in [2.45, 2.75) is 32.2 Å². The number of nitrogens with one attached hydrogen (secondary N) is 1. The molecule has 1 aliphatic rings. The molecule has 150 valence electrons. The van der Waals surface area contributed by atoms with Gasteiger partial charge in [0.05, 0.1) is 35.0 Å². The molecular weight excluding hydrogens is 383 g/mol. The first kappa shape index (κ1) is 20.4. The average molecular weight is 401 g/mol. The van der Waals surface area contributed by atoms with E-state index in [1.165, 1.54) is 19.1 Å². The Balaban J connectivity index is 2.09. The highest BCUT2D eigenvalue weighted by Crippen LogP contribution is 2.37. The van der Waals surface area contributed by atoms with Crippen molar-refractivity contribution in [1.82, 2.24) is 5.32 Å². The van der Waals surface area contributed by atoms with Gasteiger partial charge in [0.25, 0.3) is 0 Å². The summed E-state index contributed by atoms with van der Waals surface area (Å²) in [7, 11) is 0. The molecule has 3 rings (SSSR count). The van der Waals surface area contributed by atoms with E-state index in [1.54, 1.807) is 31.2 Å². The number of aliphatic hydroxyl groups excluding tert-OH is 1. The molecule has 0 aromatic heterocycles. The Kier molecular flexibility index (Phi) is 5.36. The van der Waals surface area contributed by atoms with E-state index < -0.39 is 29.9 Å². The van der Waals surface area contributed by atoms with Gasteiger partial charge in [-0.3, -0.25) is 4.90 Å². The molecule has 2 aromatic carbocycles. The van der Waals surface area contributed by atoms with Crippen LogP contribution in [0.5, 0.6) is 0 Å². The molecule has 0 saturated heterocycles. The van der Waals surface area contributed by atoms with Gasteiger partial charge in [-0.1, -0.05) is 18.2 Å². The molecule has 2 amide bonds. The number of alkyl halides is 3. The quantitative estimate of drug-likeness (QED) is 0.795. The number of hydrogen-bond acceptors (Lipinski definition) is 3. The molecule has 0 saturated carbocycles. The van der Waals surface area contributed by atoms with Crippen molar-refractivity contribution >= 4 is 11.7 Å². The van der Waals surface area contributed by atoms with E-state index in [1.807, 2.05) is 6.07 Å². The second kappa shape index (κ2) is 7.60. The topological polar surface area (TPSA) is 76.4 Å². The lowest BCUT2D eigenvalue weighted by molar-refractivity contribution is -0.137. The molecule has 2 unspecified atom stereocenters. The van der Waals surface area contributed by atoms with Crippen LogP contribution in [-0.2, 0) is 6.18 Å². The summed E-state index contributed by atoms with van der Waals surface area (Å²) in [5.41, 5.74) is 1.07. The summed E-state index contributed by atoms with van der Waals surface area (Å²) in [6.07, 6.45) is -5.51. The number of nitrogens with zero attached hydrogens (tertiary/aromatic N) is 2. The van der Waals surface area contributed by atoms with Gasteiger partial charge in [-0.15, -0.1) is 0 Å². The molecule has 0 spiro atoms. The van der Waals surface area contributed by atoms with Gasteiger partial charge in [0.1, 0.15) is 0 Å². The van der Waals surface area contributed by atoms with E-state index in [4.69, 9.17) is 5.26 Å². The van der Waals surface area contributed by atoms with Crippen molar-refractivity contribution in [3.63, 3.8) is 0 Å². The third-order valence-corrected chi connectivity index (χ3v) is 4.79. The molecule has 29 heavy (non-hydrogen) atoms. The largest absolute Gasteiger partial charge is 0.416 e. The molecule has 2 N–H and O–H groups in total. The van der Waals surface area contributed by atoms with Gasteiger partial charge >= 0.3 is 12.2 Å². The van der Waals surface area contributed by atoms with Gasteiger partial charge in [-0.25, -0.2) is 4.79 Å². The minimum atomic E-state index is -4.54. The Labute approximate surface area is 165 Å². The first-order chi connectivity index (χ1) is 13.6. The summed E-state index contributed by atoms with van der Waals surface area (Å²) >= 11 is 0. The summed E-state index contributed by atoms with van der Waals surface area (Å²) in [4.78, 5) is 13.9. The van der Waals surface area contributed by atoms with Gasteiger partial charge in [0, 0.05) is 11.3 Å². The molecule has 1 aliphatic heterocycles. The van der Waals surface area contributed by atoms with Crippen LogP contribution in [0, 0.1) is 11.3 Å². The van der Waals surface area contributed by atoms with Crippen molar-refractivity contribution in [2.24, 2.45) is 0 Å². The summed E-state index contributed by atoms with van der Waals surface area (Å²) in [6, 6.07) is 11.7. The summed E-state index contributed by atoms with van der Waals surface area (Å²) in [5.74, 6) is 0. The van der Waals surface area contributed by atoms with Crippen molar-refractivity contribution in [3.05, 3.63) is 76.5 Å². The number of aliphatic hydroxyl groups is 1. The lowest BCUT2D eigenvalue weighted by Gasteiger charge is -2.37. The number of carbonyl (C=O) groups excluding carboxylic acids is 1. The molecular formula is C21H18F3N3O2. The zero-order valence-corrected chi connectivity index (χ0v) is 15.7. The molecule has 0 radical (unpaired) electrons. The van der Waals surface area contributed by atoms with Crippen LogP contribution in [-0.4, -0.2) is 17.2 Å². The number of carbonyl (C=O) groups is 1. The molecule has 1 heterocycles. The maximum atomic E-state index is 13.1. The number of hydrogen-bond donors (Lipinski definition) is 2. The Hall–Kier alpha value is -3.31. The number of anilines is 1. The Morgan fingerprint density at radius 2 is 1.86 bits per heavy atom. The number of allylic oxidation sites excluding steroid dienone is 1. The van der Waals surface area contributed by atoms with Crippen molar-refractivity contribution in [2.75, 3.05) is 4.90 Å². The maximum absolute atomic E-state index is 13.1. The molecule has 2 aromatic rings. The average Bonchev–Trinajstić information content (AvgIpc) is 2.67. The van der Waals surface area contributed by atoms with Gasteiger partial charge in [-0.2, -0.15) is 18.4 Å². The number of nitriles is 1. The second-order valence-corrected chi connectivity index (χ2v) is 6.72. The second-order valence-electron chi connectivity index (χ2n) is 6.72. The number of urea groups is 1. The fourth-order valence-electron chi connectivity index (χ4n) is 3.44. The van der Waals surface area contributed by atoms with E-state index in [2.05, 4.69) is 5.32 Å². The SMILES string of the molecule is CC1=C(C(C)O)C(c2ccc(C#N)cc2)NC(=O)N1c1cccc(C(F)(F)F)c1. The molecule has 5 nitrogen and oxygen atoms in total. The number of halogens is 3. The molecule has 0 fully saturated rings. The minimum absolute atomic E-state index is 0.0475. The summed E-state index contributed by atoms with van der Waals surface area (Å²) in [5, 5.41) is 22.0. The van der Waals surface area contributed by atoms with Crippen LogP contribution in [0.25, 0.3) is 0 Å². The van der Waals surface area contributed by atoms with Crippen molar-refractivity contribution < 1.29 is 23.1 Å². The standard InChI is InChI=1S/C21H18F3N3O2/c1-12-18(13(2)28)19(15-8-6-14(11-25)7-9-15)26-20(29)27(12)17-5-3-4-16(10-17)21(22,23)24/h3-10,13,19,28H,1-2H3,(H,26,29). The number of amides is 2. The van der Waals surface area contributed by atoms with E-state index >= 15 is 0 Å². The number of rotatable bonds is 3. The Bertz CT molecular complexity index is 1010. The number of benzene rings is 2. The highest BCUT2D eigenvalue weighted by molar-refractivity contribution is 5.97. The van der Waals surface area contributed by atoms with Crippen LogP contribution in [0.1, 0.15) is 36.6 Å². The molecule has 8 heteroatoms. The molecule has 2 atom stereocenters. The smallest absolute Gasteiger partial charge is 0.389 e. The van der Waals surface area contributed by atoms with E-state index in [-0.39, 0.29) is 5.69 Å². The van der Waals surface area contributed by atoms with Crippen molar-refractivity contribution in [3.8, 4) is 6.07 Å². The van der Waals surface area contributed by atoms with Crippen molar-refractivity contribution in [1.29, 1.82) is 5.26 Å². The van der Waals surface area contributed by atoms with Gasteiger partial charge in [0.15, 0.2) is 0 Å². The lowest BCUT2D eigenvalue weighted by atomic mass is 9.91. The predicted molar refractivity (Wildman–Crippen MR) is 101 cm³/mol. The van der Waals surface area contributed by atoms with Crippen LogP contribution >= 0.6 is 0 Å². The summed E-state index contributed by atoms with van der Waals surface area (Å²) in [6.45, 7) is 3.11. The monoisotopic (exact) mass is 401 g/mol. The third-order valence-electron chi connectivity index (χ3n) is 4.79. The Morgan fingerprint density at radius 1 is 1.21 bits per heavy atom. The van der Waals surface area contributed by atoms with E-state index in [0.29, 0.717) is 22.4 Å². The highest BCUT2D eigenvalue weighted by Gasteiger charge is 2.36. The zero-order valence-electron chi connectivity index (χ0n) is 15.7. The fraction of sp³-hybridized carbons (Fsp3) is 0.238. The van der Waals surface area contributed by atoms with Crippen LogP contribution in [0.15, 0.2) is 59.8 Å². The minimum Gasteiger partial charge on any atom is -0.389 e. The zero-order chi connectivity index (χ0) is 21.3. The normalized spacial score (nSPS) is 18.3. The molecule has 0 aliphatic carbocycles. The third kappa shape index (κ3) is 3.96. The maximum Gasteiger partial charge on any atom is 0.416 e. The van der Waals surface area contributed by atoms with E-state index in [9.17, 15) is 23.1 Å². The Morgan fingerprint density at radius 3 is 2.41 bits per heavy atom. The van der Waals surface area contributed by atoms with Gasteiger partial charge in [0.2, 0.25) is 0 Å². The van der Waals surface area contributed by atoms with Crippen LogP contribution in [0.2, 0.25) is 0 Å². The van der Waals surface area contributed by atoms with Crippen LogP contribution in [0.4, 0.5) is 23.7 Å². The highest BCUT2D eigenvalue weighted by atomic mass is 19.4. The first-order valence-corrected chi connectivity index (χ1v) is 8.80. The predicted octanol–water partition coefficient (Wildman–Crippen LogP) is 4.50. The summed E-state index contributed by atoms with van der Waals surface area (Å²) < 4.78 is 39.3. The van der Waals surface area contributed by atoms with Gasteiger partial charge < -0.3 is 10.4 Å². The van der Waals surface area contributed by atoms with Crippen LogP contribution in [0.3, 0.4) is 0 Å². The van der Waals surface area contributed by atoms with E-state index in [0.717, 1.165) is 17.0 Å². The first-order valence-electron chi connectivity index (χ1n) is 8.80. The van der Waals surface area contributed by atoms with Crippen LogP contribution < -0.4 is 10.2 Å².